The van der Waals surface area contributed by atoms with Crippen LogP contribution in [0.1, 0.15) is 37.9 Å². The normalized spacial score (nSPS) is 21.0. The van der Waals surface area contributed by atoms with E-state index in [1.165, 1.54) is 6.92 Å². The van der Waals surface area contributed by atoms with Crippen LogP contribution in [0.15, 0.2) is 18.2 Å². The second-order valence-electron chi connectivity index (χ2n) is 6.04. The molecule has 2 unspecified atom stereocenters. The van der Waals surface area contributed by atoms with Crippen LogP contribution in [0.4, 0.5) is 4.79 Å². The number of nitrogens with zero attached hydrogens (tertiary/aromatic N) is 1. The molecule has 0 aliphatic carbocycles. The topological polar surface area (TPSA) is 121 Å². The second-order valence-corrected chi connectivity index (χ2v) is 6.04. The summed E-state index contributed by atoms with van der Waals surface area (Å²) in [7, 11) is 0. The van der Waals surface area contributed by atoms with E-state index in [0.29, 0.717) is 16.9 Å². The molecule has 1 amide bonds. The Balaban J connectivity index is 2.19. The number of rotatable bonds is 4. The summed E-state index contributed by atoms with van der Waals surface area (Å²) in [4.78, 5) is 22.4. The fourth-order valence-corrected chi connectivity index (χ4v) is 2.37. The van der Waals surface area contributed by atoms with Gasteiger partial charge < -0.3 is 14.6 Å². The molecule has 3 N–H and O–H groups in total. The molecule has 128 valence electrons. The fraction of sp³-hybridized carbons (Fsp3) is 0.438. The van der Waals surface area contributed by atoms with E-state index in [9.17, 15) is 14.7 Å². The summed E-state index contributed by atoms with van der Waals surface area (Å²) in [5, 5.41) is 19.6. The zero-order valence-electron chi connectivity index (χ0n) is 13.6. The van der Waals surface area contributed by atoms with Gasteiger partial charge in [0.15, 0.2) is 12.4 Å². The van der Waals surface area contributed by atoms with E-state index in [-0.39, 0.29) is 12.4 Å². The SMILES string of the molecule is CC(=O)COC(=O)NNC1c2cc(C#N)ccc2OC(C)(C)C1O. The molecule has 0 fully saturated rings. The molecule has 1 aliphatic rings. The van der Waals surface area contributed by atoms with Gasteiger partial charge in [0.1, 0.15) is 17.5 Å². The van der Waals surface area contributed by atoms with Crippen molar-refractivity contribution in [2.24, 2.45) is 0 Å². The molecule has 1 heterocycles. The molecular weight excluding hydrogens is 314 g/mol. The number of hydrogen-bond donors (Lipinski definition) is 3. The Morgan fingerprint density at radius 2 is 2.17 bits per heavy atom. The van der Waals surface area contributed by atoms with Gasteiger partial charge in [-0.25, -0.2) is 10.2 Å². The summed E-state index contributed by atoms with van der Waals surface area (Å²) in [6, 6.07) is 6.13. The third-order valence-electron chi connectivity index (χ3n) is 3.61. The van der Waals surface area contributed by atoms with Crippen LogP contribution in [0.2, 0.25) is 0 Å². The Labute approximate surface area is 139 Å². The summed E-state index contributed by atoms with van der Waals surface area (Å²) >= 11 is 0. The number of benzene rings is 1. The molecule has 2 atom stereocenters. The highest BCUT2D eigenvalue weighted by atomic mass is 16.6. The average molecular weight is 333 g/mol. The third kappa shape index (κ3) is 3.82. The van der Waals surface area contributed by atoms with Gasteiger partial charge in [-0.05, 0) is 39.0 Å². The molecular formula is C16H19N3O5. The smallest absolute Gasteiger partial charge is 0.422 e. The lowest BCUT2D eigenvalue weighted by molar-refractivity contribution is -0.119. The van der Waals surface area contributed by atoms with Crippen LogP contribution < -0.4 is 15.6 Å². The van der Waals surface area contributed by atoms with Crippen LogP contribution in [-0.2, 0) is 9.53 Å². The number of carbonyl (C=O) groups is 2. The quantitative estimate of drug-likeness (QED) is 0.701. The monoisotopic (exact) mass is 333 g/mol. The van der Waals surface area contributed by atoms with E-state index in [1.807, 2.05) is 6.07 Å². The predicted octanol–water partition coefficient (Wildman–Crippen LogP) is 0.951. The molecule has 0 saturated heterocycles. The Kier molecular flexibility index (Phi) is 5.07. The number of ether oxygens (including phenoxy) is 2. The van der Waals surface area contributed by atoms with Gasteiger partial charge in [-0.15, -0.1) is 0 Å². The largest absolute Gasteiger partial charge is 0.485 e. The zero-order valence-corrected chi connectivity index (χ0v) is 13.6. The molecule has 2 rings (SSSR count). The van der Waals surface area contributed by atoms with Gasteiger partial charge in [0.05, 0.1) is 17.7 Å². The number of nitrogens with one attached hydrogen (secondary N) is 2. The van der Waals surface area contributed by atoms with Gasteiger partial charge in [0.2, 0.25) is 0 Å². The summed E-state index contributed by atoms with van der Waals surface area (Å²) in [6.45, 7) is 4.37. The van der Waals surface area contributed by atoms with Crippen molar-refractivity contribution in [3.8, 4) is 11.8 Å². The Hall–Kier alpha value is -2.63. The molecule has 24 heavy (non-hydrogen) atoms. The Morgan fingerprint density at radius 1 is 1.46 bits per heavy atom. The van der Waals surface area contributed by atoms with E-state index in [2.05, 4.69) is 15.6 Å². The van der Waals surface area contributed by atoms with E-state index in [1.54, 1.807) is 32.0 Å². The maximum absolute atomic E-state index is 11.6. The van der Waals surface area contributed by atoms with Crippen LogP contribution in [0.25, 0.3) is 0 Å². The van der Waals surface area contributed by atoms with E-state index < -0.39 is 23.8 Å². The molecule has 1 aromatic rings. The van der Waals surface area contributed by atoms with Crippen LogP contribution >= 0.6 is 0 Å². The first-order chi connectivity index (χ1) is 11.2. The molecule has 1 aliphatic heterocycles. The first kappa shape index (κ1) is 17.7. The number of fused-ring (bicyclic) bond motifs is 1. The van der Waals surface area contributed by atoms with E-state index in [0.717, 1.165) is 0 Å². The Morgan fingerprint density at radius 3 is 2.79 bits per heavy atom. The lowest BCUT2D eigenvalue weighted by atomic mass is 9.86. The van der Waals surface area contributed by atoms with Crippen LogP contribution in [0.3, 0.4) is 0 Å². The van der Waals surface area contributed by atoms with Gasteiger partial charge in [-0.1, -0.05) is 0 Å². The molecule has 0 bridgehead atoms. The van der Waals surface area contributed by atoms with Crippen molar-refractivity contribution in [1.82, 2.24) is 10.9 Å². The van der Waals surface area contributed by atoms with Gasteiger partial charge >= 0.3 is 6.09 Å². The van der Waals surface area contributed by atoms with Crippen molar-refractivity contribution in [1.29, 1.82) is 5.26 Å². The Bertz CT molecular complexity index is 695. The number of ketones is 1. The zero-order chi connectivity index (χ0) is 17.9. The van der Waals surface area contributed by atoms with Crippen molar-refractivity contribution in [2.75, 3.05) is 6.61 Å². The number of amides is 1. The lowest BCUT2D eigenvalue weighted by Gasteiger charge is -2.42. The van der Waals surface area contributed by atoms with Crippen LogP contribution in [0, 0.1) is 11.3 Å². The van der Waals surface area contributed by atoms with Gasteiger partial charge in [0, 0.05) is 5.56 Å². The summed E-state index contributed by atoms with van der Waals surface area (Å²) in [5.41, 5.74) is 5.00. The van der Waals surface area contributed by atoms with Crippen molar-refractivity contribution in [3.63, 3.8) is 0 Å². The third-order valence-corrected chi connectivity index (χ3v) is 3.61. The fourth-order valence-electron chi connectivity index (χ4n) is 2.37. The minimum atomic E-state index is -1.01. The standard InChI is InChI=1S/C16H19N3O5/c1-9(20)8-23-15(22)19-18-13-11-6-10(7-17)4-5-12(11)24-16(2,3)14(13)21/h4-6,13-14,18,21H,8H2,1-3H3,(H,19,22). The average Bonchev–Trinajstić information content (AvgIpc) is 2.52. The number of aliphatic hydroxyl groups excluding tert-OH is 1. The van der Waals surface area contributed by atoms with Crippen LogP contribution in [-0.4, -0.2) is 35.3 Å². The summed E-state index contributed by atoms with van der Waals surface area (Å²) in [6.07, 6.45) is -1.85. The van der Waals surface area contributed by atoms with Gasteiger partial charge in [-0.2, -0.15) is 5.26 Å². The summed E-state index contributed by atoms with van der Waals surface area (Å²) < 4.78 is 10.4. The van der Waals surface area contributed by atoms with Gasteiger partial charge in [-0.3, -0.25) is 10.2 Å². The molecule has 1 aromatic carbocycles. The molecule has 0 aromatic heterocycles. The van der Waals surface area contributed by atoms with Crippen molar-refractivity contribution < 1.29 is 24.2 Å². The van der Waals surface area contributed by atoms with Crippen LogP contribution in [0.5, 0.6) is 5.75 Å². The predicted molar refractivity (Wildman–Crippen MR) is 82.9 cm³/mol. The molecule has 8 nitrogen and oxygen atoms in total. The lowest BCUT2D eigenvalue weighted by Crippen LogP contribution is -2.55. The highest BCUT2D eigenvalue weighted by Gasteiger charge is 2.43. The number of aliphatic hydroxyl groups is 1. The maximum atomic E-state index is 11.6. The van der Waals surface area contributed by atoms with E-state index >= 15 is 0 Å². The first-order valence-corrected chi connectivity index (χ1v) is 7.33. The maximum Gasteiger partial charge on any atom is 0.422 e. The first-order valence-electron chi connectivity index (χ1n) is 7.33. The highest BCUT2D eigenvalue weighted by Crippen LogP contribution is 2.39. The number of hydrazine groups is 1. The second kappa shape index (κ2) is 6.86. The van der Waals surface area contributed by atoms with Crippen molar-refractivity contribution in [3.05, 3.63) is 29.3 Å². The molecule has 0 saturated carbocycles. The van der Waals surface area contributed by atoms with Crippen molar-refractivity contribution in [2.45, 2.75) is 38.5 Å². The molecule has 0 radical (unpaired) electrons. The van der Waals surface area contributed by atoms with Crippen molar-refractivity contribution >= 4 is 11.9 Å². The number of Topliss-reactive ketones (excluding diaryl/α,β-unsaturated/α-hetero) is 1. The number of nitriles is 1. The number of carbonyl (C=O) groups excluding carboxylic acids is 2. The highest BCUT2D eigenvalue weighted by molar-refractivity contribution is 5.79. The molecule has 0 spiro atoms. The van der Waals surface area contributed by atoms with E-state index in [4.69, 9.17) is 10.00 Å². The molecule has 8 heteroatoms. The summed E-state index contributed by atoms with van der Waals surface area (Å²) in [5.74, 6) is 0.210. The minimum absolute atomic E-state index is 0.290. The van der Waals surface area contributed by atoms with Gasteiger partial charge in [0.25, 0.3) is 0 Å². The number of hydrogen-bond acceptors (Lipinski definition) is 7. The minimum Gasteiger partial charge on any atom is -0.485 e.